The first-order valence-corrected chi connectivity index (χ1v) is 10.4. The van der Waals surface area contributed by atoms with E-state index >= 15 is 0 Å². The summed E-state index contributed by atoms with van der Waals surface area (Å²) in [6, 6.07) is 5.54. The molecule has 3 aromatic rings. The minimum atomic E-state index is -0.621. The van der Waals surface area contributed by atoms with Gasteiger partial charge < -0.3 is 24.4 Å². The summed E-state index contributed by atoms with van der Waals surface area (Å²) in [7, 11) is 3.57. The lowest BCUT2D eigenvalue weighted by Crippen LogP contribution is -2.42. The van der Waals surface area contributed by atoms with Gasteiger partial charge in [-0.25, -0.2) is 18.7 Å². The number of hydrogen-bond donors (Lipinski definition) is 1. The van der Waals surface area contributed by atoms with Crippen molar-refractivity contribution in [2.45, 2.75) is 6.10 Å². The van der Waals surface area contributed by atoms with Gasteiger partial charge in [0.05, 0.1) is 29.4 Å². The van der Waals surface area contributed by atoms with Crippen molar-refractivity contribution in [2.75, 3.05) is 45.8 Å². The Labute approximate surface area is 186 Å². The van der Waals surface area contributed by atoms with Crippen LogP contribution in [0.4, 0.5) is 20.3 Å². The zero-order chi connectivity index (χ0) is 22.0. The molecule has 0 radical (unpaired) electrons. The van der Waals surface area contributed by atoms with Crippen LogP contribution in [-0.4, -0.2) is 61.4 Å². The lowest BCUT2D eigenvalue weighted by molar-refractivity contribution is -0.0406. The van der Waals surface area contributed by atoms with Gasteiger partial charge in [-0.3, -0.25) is 0 Å². The molecule has 1 fully saturated rings. The molecule has 1 unspecified atom stereocenters. The van der Waals surface area contributed by atoms with Gasteiger partial charge in [0.15, 0.2) is 11.5 Å². The predicted octanol–water partition coefficient (Wildman–Crippen LogP) is 4.13. The van der Waals surface area contributed by atoms with Crippen LogP contribution in [0.1, 0.15) is 0 Å². The largest absolute Gasteiger partial charge is 0.493 e. The molecular weight excluding hydrogens is 474 g/mol. The van der Waals surface area contributed by atoms with Crippen LogP contribution in [0.25, 0.3) is 10.9 Å². The van der Waals surface area contributed by atoms with Crippen LogP contribution in [0.15, 0.2) is 35.1 Å². The van der Waals surface area contributed by atoms with Crippen molar-refractivity contribution in [3.05, 3.63) is 46.7 Å². The van der Waals surface area contributed by atoms with E-state index in [0.717, 1.165) is 25.2 Å². The topological polar surface area (TPSA) is 68.7 Å². The third-order valence-corrected chi connectivity index (χ3v) is 5.56. The maximum atomic E-state index is 14.3. The van der Waals surface area contributed by atoms with E-state index in [4.69, 9.17) is 14.2 Å². The molecule has 0 bridgehead atoms. The smallest absolute Gasteiger partial charge is 0.163 e. The fourth-order valence-corrected chi connectivity index (χ4v) is 3.65. The molecule has 0 spiro atoms. The molecule has 0 aliphatic carbocycles. The molecule has 4 rings (SSSR count). The molecule has 7 nitrogen and oxygen atoms in total. The van der Waals surface area contributed by atoms with Gasteiger partial charge in [-0.15, -0.1) is 0 Å². The molecule has 1 aliphatic rings. The van der Waals surface area contributed by atoms with Crippen LogP contribution in [0.3, 0.4) is 0 Å². The maximum absolute atomic E-state index is 14.3. The first-order valence-electron chi connectivity index (χ1n) is 9.62. The Morgan fingerprint density at radius 3 is 2.81 bits per heavy atom. The number of anilines is 2. The van der Waals surface area contributed by atoms with Crippen LogP contribution in [0.2, 0.25) is 0 Å². The van der Waals surface area contributed by atoms with Crippen molar-refractivity contribution in [1.82, 2.24) is 14.9 Å². The van der Waals surface area contributed by atoms with E-state index in [1.807, 2.05) is 7.05 Å². The van der Waals surface area contributed by atoms with Gasteiger partial charge in [0.25, 0.3) is 0 Å². The summed E-state index contributed by atoms with van der Waals surface area (Å²) in [6.45, 7) is 2.70. The second kappa shape index (κ2) is 9.29. The number of ether oxygens (including phenoxy) is 3. The van der Waals surface area contributed by atoms with Crippen molar-refractivity contribution >= 4 is 38.3 Å². The molecule has 1 saturated heterocycles. The fraction of sp³-hybridized carbons (Fsp3) is 0.333. The van der Waals surface area contributed by atoms with E-state index in [1.54, 1.807) is 12.1 Å². The van der Waals surface area contributed by atoms with Gasteiger partial charge >= 0.3 is 0 Å². The third kappa shape index (κ3) is 4.86. The number of fused-ring (bicyclic) bond motifs is 1. The third-order valence-electron chi connectivity index (χ3n) is 4.95. The average Bonchev–Trinajstić information content (AvgIpc) is 2.75. The van der Waals surface area contributed by atoms with E-state index in [-0.39, 0.29) is 16.3 Å². The van der Waals surface area contributed by atoms with E-state index < -0.39 is 11.6 Å². The molecule has 31 heavy (non-hydrogen) atoms. The minimum absolute atomic E-state index is 0.0414. The van der Waals surface area contributed by atoms with Crippen LogP contribution in [-0.2, 0) is 4.74 Å². The average molecular weight is 495 g/mol. The Morgan fingerprint density at radius 1 is 1.19 bits per heavy atom. The predicted molar refractivity (Wildman–Crippen MR) is 116 cm³/mol. The quantitative estimate of drug-likeness (QED) is 0.516. The van der Waals surface area contributed by atoms with Crippen molar-refractivity contribution in [2.24, 2.45) is 0 Å². The Hall–Kier alpha value is -2.56. The van der Waals surface area contributed by atoms with Gasteiger partial charge in [-0.1, -0.05) is 0 Å². The highest BCUT2D eigenvalue weighted by atomic mass is 79.9. The number of halogens is 3. The zero-order valence-electron chi connectivity index (χ0n) is 17.0. The number of nitrogens with zero attached hydrogens (tertiary/aromatic N) is 3. The number of methoxy groups -OCH3 is 1. The molecule has 1 atom stereocenters. The van der Waals surface area contributed by atoms with E-state index in [1.165, 1.54) is 13.4 Å². The second-order valence-corrected chi connectivity index (χ2v) is 8.03. The molecule has 1 N–H and O–H groups in total. The number of hydrogen-bond acceptors (Lipinski definition) is 7. The Balaban J connectivity index is 1.61. The van der Waals surface area contributed by atoms with Crippen molar-refractivity contribution in [1.29, 1.82) is 0 Å². The molecule has 10 heteroatoms. The van der Waals surface area contributed by atoms with Gasteiger partial charge in [-0.2, -0.15) is 0 Å². The highest BCUT2D eigenvalue weighted by molar-refractivity contribution is 9.10. The number of benzene rings is 2. The van der Waals surface area contributed by atoms with Gasteiger partial charge in [0.2, 0.25) is 0 Å². The zero-order valence-corrected chi connectivity index (χ0v) is 18.6. The first kappa shape index (κ1) is 21.7. The number of morpholine rings is 1. The molecule has 2 aromatic carbocycles. The van der Waals surface area contributed by atoms with E-state index in [0.29, 0.717) is 41.4 Å². The lowest BCUT2D eigenvalue weighted by Gasteiger charge is -2.30. The monoisotopic (exact) mass is 494 g/mol. The SMILES string of the molecule is COc1cc2c(Nc3cc(F)c(Br)cc3F)ncnc2cc1OCC1CN(C)CCO1. The highest BCUT2D eigenvalue weighted by Crippen LogP contribution is 2.35. The number of nitrogens with one attached hydrogen (secondary N) is 1. The molecule has 0 amide bonds. The molecule has 1 aromatic heterocycles. The molecule has 164 valence electrons. The maximum Gasteiger partial charge on any atom is 0.163 e. The summed E-state index contributed by atoms with van der Waals surface area (Å²) in [4.78, 5) is 10.6. The van der Waals surface area contributed by atoms with E-state index in [9.17, 15) is 8.78 Å². The Morgan fingerprint density at radius 2 is 2.03 bits per heavy atom. The lowest BCUT2D eigenvalue weighted by atomic mass is 10.2. The standard InChI is InChI=1S/C21H21BrF2N4O3/c1-28-3-4-30-12(9-28)10-31-20-8-17-13(5-19(20)29-2)21(26-11-25-17)27-18-7-15(23)14(22)6-16(18)24/h5-8,11-12H,3-4,9-10H2,1-2H3,(H,25,26,27). The number of likely N-dealkylation sites (N-methyl/N-ethyl adjacent to an activating group) is 1. The van der Waals surface area contributed by atoms with E-state index in [2.05, 4.69) is 36.1 Å². The van der Waals surface area contributed by atoms with Crippen LogP contribution in [0, 0.1) is 11.6 Å². The van der Waals surface area contributed by atoms with Crippen molar-refractivity contribution in [3.8, 4) is 11.5 Å². The molecule has 2 heterocycles. The normalized spacial score (nSPS) is 17.0. The molecular formula is C21H21BrF2N4O3. The highest BCUT2D eigenvalue weighted by Gasteiger charge is 2.20. The van der Waals surface area contributed by atoms with Crippen LogP contribution >= 0.6 is 15.9 Å². The fourth-order valence-electron chi connectivity index (χ4n) is 3.33. The van der Waals surface area contributed by atoms with Crippen molar-refractivity contribution in [3.63, 3.8) is 0 Å². The van der Waals surface area contributed by atoms with Crippen molar-refractivity contribution < 1.29 is 23.0 Å². The summed E-state index contributed by atoms with van der Waals surface area (Å²) in [5.41, 5.74) is 0.520. The summed E-state index contributed by atoms with van der Waals surface area (Å²) in [5.74, 6) is 0.0811. The first-order chi connectivity index (χ1) is 14.9. The van der Waals surface area contributed by atoms with Gasteiger partial charge in [0.1, 0.15) is 36.5 Å². The molecule has 0 saturated carbocycles. The summed E-state index contributed by atoms with van der Waals surface area (Å²) < 4.78 is 45.4. The summed E-state index contributed by atoms with van der Waals surface area (Å²) in [6.07, 6.45) is 1.30. The Kier molecular flexibility index (Phi) is 6.49. The number of aromatic nitrogens is 2. The minimum Gasteiger partial charge on any atom is -0.493 e. The van der Waals surface area contributed by atoms with Gasteiger partial charge in [-0.05, 0) is 35.1 Å². The summed E-state index contributed by atoms with van der Waals surface area (Å²) >= 11 is 2.97. The van der Waals surface area contributed by atoms with Crippen LogP contribution in [0.5, 0.6) is 11.5 Å². The Bertz CT molecular complexity index is 1100. The van der Waals surface area contributed by atoms with Crippen LogP contribution < -0.4 is 14.8 Å². The number of rotatable bonds is 6. The molecule has 1 aliphatic heterocycles. The second-order valence-electron chi connectivity index (χ2n) is 7.18. The van der Waals surface area contributed by atoms with Gasteiger partial charge in [0, 0.05) is 30.6 Å². The summed E-state index contributed by atoms with van der Waals surface area (Å²) in [5, 5.41) is 3.41.